The SMILES string of the molecule is COc1cccc2c(N3CCC(Oc4cccnc4)C3)cc(C)nc12. The van der Waals surface area contributed by atoms with Crippen molar-refractivity contribution in [3.05, 3.63) is 54.5 Å². The molecular weight excluding hydrogens is 314 g/mol. The van der Waals surface area contributed by atoms with Crippen LogP contribution in [-0.4, -0.2) is 36.3 Å². The van der Waals surface area contributed by atoms with E-state index in [-0.39, 0.29) is 6.10 Å². The van der Waals surface area contributed by atoms with E-state index in [4.69, 9.17) is 9.47 Å². The maximum absolute atomic E-state index is 6.07. The van der Waals surface area contributed by atoms with Gasteiger partial charge in [0, 0.05) is 35.9 Å². The summed E-state index contributed by atoms with van der Waals surface area (Å²) < 4.78 is 11.6. The van der Waals surface area contributed by atoms with Gasteiger partial charge < -0.3 is 14.4 Å². The predicted molar refractivity (Wildman–Crippen MR) is 98.5 cm³/mol. The highest BCUT2D eigenvalue weighted by atomic mass is 16.5. The van der Waals surface area contributed by atoms with Gasteiger partial charge in [-0.2, -0.15) is 0 Å². The number of aryl methyl sites for hydroxylation is 1. The van der Waals surface area contributed by atoms with Gasteiger partial charge in [-0.25, -0.2) is 4.98 Å². The minimum atomic E-state index is 0.165. The number of fused-ring (bicyclic) bond motifs is 1. The zero-order valence-electron chi connectivity index (χ0n) is 14.5. The van der Waals surface area contributed by atoms with Crippen LogP contribution >= 0.6 is 0 Å². The van der Waals surface area contributed by atoms with Gasteiger partial charge in [-0.3, -0.25) is 4.98 Å². The quantitative estimate of drug-likeness (QED) is 0.729. The summed E-state index contributed by atoms with van der Waals surface area (Å²) in [5.41, 5.74) is 3.10. The molecule has 1 saturated heterocycles. The lowest BCUT2D eigenvalue weighted by atomic mass is 10.1. The number of pyridine rings is 2. The van der Waals surface area contributed by atoms with Crippen molar-refractivity contribution in [3.8, 4) is 11.5 Å². The van der Waals surface area contributed by atoms with Crippen molar-refractivity contribution in [2.24, 2.45) is 0 Å². The largest absolute Gasteiger partial charge is 0.494 e. The van der Waals surface area contributed by atoms with Gasteiger partial charge in [0.2, 0.25) is 0 Å². The molecule has 1 aromatic carbocycles. The van der Waals surface area contributed by atoms with Crippen LogP contribution in [0.4, 0.5) is 5.69 Å². The summed E-state index contributed by atoms with van der Waals surface area (Å²) in [6, 6.07) is 12.1. The van der Waals surface area contributed by atoms with Gasteiger partial charge in [0.1, 0.15) is 23.1 Å². The first kappa shape index (κ1) is 15.7. The summed E-state index contributed by atoms with van der Waals surface area (Å²) in [6.07, 6.45) is 4.67. The lowest BCUT2D eigenvalue weighted by Gasteiger charge is -2.22. The van der Waals surface area contributed by atoms with Gasteiger partial charge in [0.25, 0.3) is 0 Å². The number of hydrogen-bond acceptors (Lipinski definition) is 5. The van der Waals surface area contributed by atoms with Crippen LogP contribution in [0.1, 0.15) is 12.1 Å². The number of methoxy groups -OCH3 is 1. The molecule has 0 aliphatic carbocycles. The Balaban J connectivity index is 1.62. The summed E-state index contributed by atoms with van der Waals surface area (Å²) >= 11 is 0. The molecule has 3 aromatic rings. The summed E-state index contributed by atoms with van der Waals surface area (Å²) in [4.78, 5) is 11.2. The molecule has 0 N–H and O–H groups in total. The van der Waals surface area contributed by atoms with Gasteiger partial charge in [-0.1, -0.05) is 12.1 Å². The second-order valence-corrected chi connectivity index (χ2v) is 6.30. The molecule has 128 valence electrons. The van der Waals surface area contributed by atoms with Crippen LogP contribution in [0.2, 0.25) is 0 Å². The highest BCUT2D eigenvalue weighted by Crippen LogP contribution is 2.34. The lowest BCUT2D eigenvalue weighted by Crippen LogP contribution is -2.25. The van der Waals surface area contributed by atoms with Crippen LogP contribution in [0.25, 0.3) is 10.9 Å². The second kappa shape index (κ2) is 6.59. The van der Waals surface area contributed by atoms with Gasteiger partial charge in [0.05, 0.1) is 19.9 Å². The minimum Gasteiger partial charge on any atom is -0.494 e. The van der Waals surface area contributed by atoms with E-state index in [1.165, 1.54) is 5.69 Å². The molecule has 5 nitrogen and oxygen atoms in total. The third-order valence-electron chi connectivity index (χ3n) is 4.55. The predicted octanol–water partition coefficient (Wildman–Crippen LogP) is 3.60. The number of rotatable bonds is 4. The van der Waals surface area contributed by atoms with Crippen molar-refractivity contribution in [1.29, 1.82) is 0 Å². The molecule has 3 heterocycles. The first-order valence-electron chi connectivity index (χ1n) is 8.50. The highest BCUT2D eigenvalue weighted by molar-refractivity contribution is 5.95. The molecule has 1 atom stereocenters. The number of anilines is 1. The molecular formula is C20H21N3O2. The van der Waals surface area contributed by atoms with E-state index in [1.807, 2.05) is 31.2 Å². The highest BCUT2D eigenvalue weighted by Gasteiger charge is 2.26. The Morgan fingerprint density at radius 2 is 2.12 bits per heavy atom. The van der Waals surface area contributed by atoms with E-state index in [9.17, 15) is 0 Å². The first-order valence-corrected chi connectivity index (χ1v) is 8.50. The summed E-state index contributed by atoms with van der Waals surface area (Å²) in [6.45, 7) is 3.83. The number of ether oxygens (including phenoxy) is 2. The molecule has 5 heteroatoms. The van der Waals surface area contributed by atoms with Gasteiger partial charge >= 0.3 is 0 Å². The maximum Gasteiger partial charge on any atom is 0.145 e. The van der Waals surface area contributed by atoms with Crippen molar-refractivity contribution < 1.29 is 9.47 Å². The molecule has 0 radical (unpaired) electrons. The lowest BCUT2D eigenvalue weighted by molar-refractivity contribution is 0.224. The minimum absolute atomic E-state index is 0.165. The number of nitrogens with zero attached hydrogens (tertiary/aromatic N) is 3. The van der Waals surface area contributed by atoms with E-state index >= 15 is 0 Å². The van der Waals surface area contributed by atoms with Crippen molar-refractivity contribution in [3.63, 3.8) is 0 Å². The van der Waals surface area contributed by atoms with Crippen molar-refractivity contribution in [2.45, 2.75) is 19.4 Å². The van der Waals surface area contributed by atoms with Crippen LogP contribution < -0.4 is 14.4 Å². The second-order valence-electron chi connectivity index (χ2n) is 6.30. The van der Waals surface area contributed by atoms with Crippen LogP contribution in [0.5, 0.6) is 11.5 Å². The molecule has 0 bridgehead atoms. The molecule has 1 aliphatic heterocycles. The molecule has 0 amide bonds. The van der Waals surface area contributed by atoms with E-state index in [2.05, 4.69) is 27.0 Å². The fourth-order valence-corrected chi connectivity index (χ4v) is 3.41. The van der Waals surface area contributed by atoms with Gasteiger partial charge in [-0.05, 0) is 31.2 Å². The fraction of sp³-hybridized carbons (Fsp3) is 0.300. The van der Waals surface area contributed by atoms with Crippen LogP contribution in [0.15, 0.2) is 48.8 Å². The van der Waals surface area contributed by atoms with Gasteiger partial charge in [-0.15, -0.1) is 0 Å². The Bertz CT molecular complexity index is 883. The monoisotopic (exact) mass is 335 g/mol. The third kappa shape index (κ3) is 3.09. The molecule has 0 spiro atoms. The van der Waals surface area contributed by atoms with Crippen LogP contribution in [0, 0.1) is 6.92 Å². The number of aromatic nitrogens is 2. The summed E-state index contributed by atoms with van der Waals surface area (Å²) in [5, 5.41) is 1.12. The fourth-order valence-electron chi connectivity index (χ4n) is 3.41. The Hall–Kier alpha value is -2.82. The average molecular weight is 335 g/mol. The van der Waals surface area contributed by atoms with E-state index in [0.717, 1.165) is 47.6 Å². The molecule has 1 aliphatic rings. The Morgan fingerprint density at radius 1 is 1.20 bits per heavy atom. The van der Waals surface area contributed by atoms with E-state index < -0.39 is 0 Å². The molecule has 25 heavy (non-hydrogen) atoms. The van der Waals surface area contributed by atoms with Crippen molar-refractivity contribution in [2.75, 3.05) is 25.1 Å². The zero-order valence-corrected chi connectivity index (χ0v) is 14.5. The summed E-state index contributed by atoms with van der Waals surface area (Å²) in [7, 11) is 1.69. The Labute approximate surface area is 147 Å². The van der Waals surface area contributed by atoms with Crippen LogP contribution in [-0.2, 0) is 0 Å². The normalized spacial score (nSPS) is 17.0. The van der Waals surface area contributed by atoms with Crippen LogP contribution in [0.3, 0.4) is 0 Å². The van der Waals surface area contributed by atoms with E-state index in [0.29, 0.717) is 0 Å². The number of para-hydroxylation sites is 1. The average Bonchev–Trinajstić information content (AvgIpc) is 3.09. The van der Waals surface area contributed by atoms with E-state index in [1.54, 1.807) is 19.5 Å². The zero-order chi connectivity index (χ0) is 17.2. The molecule has 4 rings (SSSR count). The van der Waals surface area contributed by atoms with Crippen molar-refractivity contribution >= 4 is 16.6 Å². The summed E-state index contributed by atoms with van der Waals surface area (Å²) in [5.74, 6) is 1.64. The molecule has 1 unspecified atom stereocenters. The smallest absolute Gasteiger partial charge is 0.145 e. The number of hydrogen-bond donors (Lipinski definition) is 0. The first-order chi connectivity index (χ1) is 12.2. The van der Waals surface area contributed by atoms with Gasteiger partial charge in [0.15, 0.2) is 0 Å². The standard InChI is InChI=1S/C20H21N3O2/c1-14-11-18(17-6-3-7-19(24-2)20(17)22-14)23-10-8-16(13-23)25-15-5-4-9-21-12-15/h3-7,9,11-12,16H,8,10,13H2,1-2H3. The molecule has 0 saturated carbocycles. The Morgan fingerprint density at radius 3 is 2.92 bits per heavy atom. The third-order valence-corrected chi connectivity index (χ3v) is 4.55. The topological polar surface area (TPSA) is 47.5 Å². The Kier molecular flexibility index (Phi) is 4.14. The molecule has 2 aromatic heterocycles. The molecule has 1 fully saturated rings. The maximum atomic E-state index is 6.07. The van der Waals surface area contributed by atoms with Crippen molar-refractivity contribution in [1.82, 2.24) is 9.97 Å². The number of benzene rings is 1.